The van der Waals surface area contributed by atoms with Gasteiger partial charge in [-0.1, -0.05) is 20.8 Å². The van der Waals surface area contributed by atoms with Gasteiger partial charge in [-0.05, 0) is 21.0 Å². The van der Waals surface area contributed by atoms with Crippen LogP contribution in [0.4, 0.5) is 8.78 Å². The molecule has 108 valence electrons. The Morgan fingerprint density at radius 2 is 1.53 bits per heavy atom. The van der Waals surface area contributed by atoms with Crippen LogP contribution in [0, 0.1) is 5.92 Å². The van der Waals surface area contributed by atoms with Gasteiger partial charge in [0, 0.05) is 13.5 Å². The number of carboxylic acid groups (broad SMARTS) is 1. The van der Waals surface area contributed by atoms with E-state index in [1.54, 1.807) is 0 Å². The van der Waals surface area contributed by atoms with Crippen molar-refractivity contribution in [2.45, 2.75) is 40.0 Å². The van der Waals surface area contributed by atoms with Crippen LogP contribution < -0.4 is 5.32 Å². The molecule has 0 aliphatic heterocycles. The lowest BCUT2D eigenvalue weighted by molar-refractivity contribution is -0.144. The van der Waals surface area contributed by atoms with Crippen LogP contribution in [-0.4, -0.2) is 43.3 Å². The molecule has 3 N–H and O–H groups in total. The molecule has 0 fully saturated rings. The van der Waals surface area contributed by atoms with E-state index in [0.717, 1.165) is 7.11 Å². The molecule has 0 aliphatic carbocycles. The lowest BCUT2D eigenvalue weighted by Gasteiger charge is -2.12. The summed E-state index contributed by atoms with van der Waals surface area (Å²) in [6.07, 6.45) is -0.595. The first-order valence-corrected chi connectivity index (χ1v) is 5.38. The first-order chi connectivity index (χ1) is 7.74. The highest BCUT2D eigenvalue weighted by Gasteiger charge is 2.27. The number of rotatable bonds is 3. The summed E-state index contributed by atoms with van der Waals surface area (Å²) in [5.74, 6) is -5.03. The van der Waals surface area contributed by atoms with Gasteiger partial charge >= 0.3 is 5.97 Å². The Balaban J connectivity index is -0.000000102. The second-order valence-electron chi connectivity index (χ2n) is 3.01. The minimum Gasteiger partial charge on any atom is -0.481 e. The lowest BCUT2D eigenvalue weighted by Crippen LogP contribution is -2.20. The molecule has 0 heterocycles. The molecule has 0 rings (SSSR count). The highest BCUT2D eigenvalue weighted by atomic mass is 19.3. The van der Waals surface area contributed by atoms with Crippen molar-refractivity contribution < 1.29 is 23.8 Å². The number of aliphatic carboxylic acids is 1. The van der Waals surface area contributed by atoms with Crippen LogP contribution in [0.1, 0.15) is 34.1 Å². The smallest absolute Gasteiger partial charge is 0.306 e. The van der Waals surface area contributed by atoms with E-state index >= 15 is 0 Å². The van der Waals surface area contributed by atoms with Gasteiger partial charge in [-0.25, -0.2) is 8.78 Å². The number of carbonyl (C=O) groups is 1. The fraction of sp³-hybridized carbons (Fsp3) is 0.909. The van der Waals surface area contributed by atoms with E-state index in [1.165, 1.54) is 6.92 Å². The molecule has 0 aromatic carbocycles. The van der Waals surface area contributed by atoms with E-state index < -0.39 is 24.2 Å². The Kier molecular flexibility index (Phi) is 26.1. The molecule has 0 saturated heterocycles. The van der Waals surface area contributed by atoms with E-state index in [4.69, 9.17) is 10.2 Å². The van der Waals surface area contributed by atoms with Crippen molar-refractivity contribution in [2.24, 2.45) is 5.92 Å². The fourth-order valence-electron chi connectivity index (χ4n) is 0.625. The van der Waals surface area contributed by atoms with Crippen LogP contribution in [0.5, 0.6) is 0 Å². The van der Waals surface area contributed by atoms with Crippen molar-refractivity contribution in [3.05, 3.63) is 0 Å². The number of halogens is 2. The molecule has 0 aromatic heterocycles. The summed E-state index contributed by atoms with van der Waals surface area (Å²) in [4.78, 5) is 10.0. The molecule has 17 heavy (non-hydrogen) atoms. The number of hydrogen-bond acceptors (Lipinski definition) is 3. The Bertz CT molecular complexity index is 150. The van der Waals surface area contributed by atoms with Gasteiger partial charge in [-0.2, -0.15) is 0 Å². The van der Waals surface area contributed by atoms with Crippen molar-refractivity contribution in [1.82, 2.24) is 5.32 Å². The third-order valence-electron chi connectivity index (χ3n) is 1.09. The van der Waals surface area contributed by atoms with Crippen molar-refractivity contribution in [1.29, 1.82) is 0 Å². The Hall–Kier alpha value is -0.750. The van der Waals surface area contributed by atoms with E-state index in [9.17, 15) is 13.6 Å². The molecule has 1 atom stereocenters. The summed E-state index contributed by atoms with van der Waals surface area (Å²) in [6, 6.07) is 0. The quantitative estimate of drug-likeness (QED) is 0.727. The van der Waals surface area contributed by atoms with Crippen LogP contribution in [0.25, 0.3) is 0 Å². The normalized spacial score (nSPS) is 10.5. The summed E-state index contributed by atoms with van der Waals surface area (Å²) in [6.45, 7) is 5.98. The molecule has 0 saturated carbocycles. The van der Waals surface area contributed by atoms with Crippen LogP contribution in [0.3, 0.4) is 0 Å². The zero-order valence-electron chi connectivity index (χ0n) is 11.8. The van der Waals surface area contributed by atoms with Gasteiger partial charge in [-0.15, -0.1) is 0 Å². The maximum atomic E-state index is 12.1. The molecule has 6 heteroatoms. The number of aliphatic hydroxyl groups is 1. The van der Waals surface area contributed by atoms with Crippen LogP contribution in [0.2, 0.25) is 0 Å². The SMILES string of the molecule is CC.CNC.CO.C[C@@H](CC(C)(F)F)C(=O)O. The van der Waals surface area contributed by atoms with Gasteiger partial charge in [0.2, 0.25) is 5.92 Å². The Labute approximate surface area is 103 Å². The second-order valence-corrected chi connectivity index (χ2v) is 3.01. The molecule has 0 aromatic rings. The monoisotopic (exact) mass is 259 g/mol. The molecule has 0 radical (unpaired) electrons. The fourth-order valence-corrected chi connectivity index (χ4v) is 0.625. The number of aliphatic hydroxyl groups excluding tert-OH is 1. The summed E-state index contributed by atoms with van der Waals surface area (Å²) in [7, 11) is 4.75. The van der Waals surface area contributed by atoms with Gasteiger partial charge in [0.05, 0.1) is 5.92 Å². The summed E-state index contributed by atoms with van der Waals surface area (Å²) in [5.41, 5.74) is 0. The highest BCUT2D eigenvalue weighted by molar-refractivity contribution is 5.69. The van der Waals surface area contributed by atoms with E-state index in [1.807, 2.05) is 27.9 Å². The zero-order valence-corrected chi connectivity index (χ0v) is 11.8. The van der Waals surface area contributed by atoms with E-state index in [-0.39, 0.29) is 0 Å². The highest BCUT2D eigenvalue weighted by Crippen LogP contribution is 2.21. The van der Waals surface area contributed by atoms with Crippen molar-refractivity contribution in [3.63, 3.8) is 0 Å². The summed E-state index contributed by atoms with van der Waals surface area (Å²) in [5, 5.41) is 18.0. The first kappa shape index (κ1) is 25.2. The number of nitrogens with one attached hydrogen (secondary N) is 1. The standard InChI is InChI=1S/C6H10F2O2.C2H7N.C2H6.CH4O/c1-4(5(9)10)3-6(2,7)8;1-3-2;2*1-2/h4H,3H2,1-2H3,(H,9,10);3H,1-2H3;1-2H3;2H,1H3/t4-;;;/m0.../s1. The maximum absolute atomic E-state index is 12.1. The van der Waals surface area contributed by atoms with Crippen molar-refractivity contribution >= 4 is 5.97 Å². The zero-order chi connectivity index (χ0) is 15.1. The minimum atomic E-state index is -2.88. The third-order valence-corrected chi connectivity index (χ3v) is 1.09. The predicted molar refractivity (Wildman–Crippen MR) is 66.5 cm³/mol. The predicted octanol–water partition coefficient (Wildman–Crippen LogP) is 2.22. The summed E-state index contributed by atoms with van der Waals surface area (Å²) >= 11 is 0. The van der Waals surface area contributed by atoms with Gasteiger partial charge in [0.1, 0.15) is 0 Å². The molecule has 0 unspecified atom stereocenters. The van der Waals surface area contributed by atoms with E-state index in [0.29, 0.717) is 6.92 Å². The molecule has 4 nitrogen and oxygen atoms in total. The molecule has 0 aliphatic rings. The second kappa shape index (κ2) is 17.6. The molecular weight excluding hydrogens is 232 g/mol. The van der Waals surface area contributed by atoms with Crippen LogP contribution >= 0.6 is 0 Å². The number of hydrogen-bond donors (Lipinski definition) is 3. The van der Waals surface area contributed by atoms with Crippen LogP contribution in [-0.2, 0) is 4.79 Å². The third kappa shape index (κ3) is 39.3. The maximum Gasteiger partial charge on any atom is 0.306 e. The van der Waals surface area contributed by atoms with Crippen molar-refractivity contribution in [2.75, 3.05) is 21.2 Å². The molecule has 0 spiro atoms. The first-order valence-electron chi connectivity index (χ1n) is 5.38. The van der Waals surface area contributed by atoms with E-state index in [2.05, 4.69) is 5.32 Å². The van der Waals surface area contributed by atoms with Crippen LogP contribution in [0.15, 0.2) is 0 Å². The Morgan fingerprint density at radius 3 is 1.59 bits per heavy atom. The van der Waals surface area contributed by atoms with Gasteiger partial charge in [0.15, 0.2) is 0 Å². The Morgan fingerprint density at radius 1 is 1.29 bits per heavy atom. The average molecular weight is 259 g/mol. The van der Waals surface area contributed by atoms with Gasteiger partial charge < -0.3 is 15.5 Å². The van der Waals surface area contributed by atoms with Crippen molar-refractivity contribution in [3.8, 4) is 0 Å². The largest absolute Gasteiger partial charge is 0.481 e. The summed E-state index contributed by atoms with van der Waals surface area (Å²) < 4.78 is 24.1. The lowest BCUT2D eigenvalue weighted by atomic mass is 10.0. The molecule has 0 amide bonds. The average Bonchev–Trinajstić information content (AvgIpc) is 2.22. The number of alkyl halides is 2. The molecule has 0 bridgehead atoms. The topological polar surface area (TPSA) is 69.6 Å². The number of carboxylic acids is 1. The van der Waals surface area contributed by atoms with Gasteiger partial charge in [-0.3, -0.25) is 4.79 Å². The molecular formula is C11H27F2NO3. The minimum absolute atomic E-state index is 0.595. The van der Waals surface area contributed by atoms with Gasteiger partial charge in [0.25, 0.3) is 0 Å².